The zero-order valence-electron chi connectivity index (χ0n) is 9.27. The Kier molecular flexibility index (Phi) is 3.77. The summed E-state index contributed by atoms with van der Waals surface area (Å²) < 4.78 is 154. The highest BCUT2D eigenvalue weighted by Gasteiger charge is 2.98. The van der Waals surface area contributed by atoms with Gasteiger partial charge in [-0.2, -0.15) is 52.7 Å². The van der Waals surface area contributed by atoms with E-state index in [0.717, 1.165) is 0 Å². The molecule has 0 radical (unpaired) electrons. The Morgan fingerprint density at radius 1 is 0.773 bits per heavy atom. The lowest BCUT2D eigenvalue weighted by Crippen LogP contribution is -2.66. The largest absolute Gasteiger partial charge is 0.396 e. The molecule has 0 N–H and O–H groups in total. The van der Waals surface area contributed by atoms with Crippen LogP contribution in [0.1, 0.15) is 0 Å². The Labute approximate surface area is 116 Å². The predicted octanol–water partition coefficient (Wildman–Crippen LogP) is 3.75. The van der Waals surface area contributed by atoms with E-state index < -0.39 is 46.0 Å². The molecule has 0 aromatic carbocycles. The smallest absolute Gasteiger partial charge is 0.274 e. The van der Waals surface area contributed by atoms with E-state index in [1.54, 1.807) is 0 Å². The SMILES string of the molecule is O=C(Cl)C(F)(F)C(F)(F)N1C(F)(F)C(F)(F)C(F)(F)C1(F)F. The Morgan fingerprint density at radius 2 is 1.05 bits per heavy atom. The van der Waals surface area contributed by atoms with E-state index in [1.807, 2.05) is 0 Å². The van der Waals surface area contributed by atoms with Crippen LogP contribution in [0.5, 0.6) is 0 Å². The third-order valence-corrected chi connectivity index (χ3v) is 2.85. The van der Waals surface area contributed by atoms with Gasteiger partial charge in [-0.25, -0.2) is 0 Å². The minimum absolute atomic E-state index is 3.51. The van der Waals surface area contributed by atoms with Gasteiger partial charge in [0.2, 0.25) is 0 Å². The van der Waals surface area contributed by atoms with Gasteiger partial charge in [-0.05, 0) is 11.6 Å². The molecule has 1 saturated heterocycles. The number of likely N-dealkylation sites (tertiary alicyclic amines) is 1. The zero-order chi connectivity index (χ0) is 18.2. The molecule has 1 fully saturated rings. The number of hydrogen-bond acceptors (Lipinski definition) is 2. The number of carbonyl (C=O) groups is 1. The molecule has 0 aliphatic carbocycles. The maximum Gasteiger partial charge on any atom is 0.396 e. The highest BCUT2D eigenvalue weighted by molar-refractivity contribution is 6.65. The Bertz CT molecular complexity index is 476. The quantitative estimate of drug-likeness (QED) is 0.424. The van der Waals surface area contributed by atoms with Crippen molar-refractivity contribution in [2.45, 2.75) is 35.9 Å². The maximum absolute atomic E-state index is 13.1. The van der Waals surface area contributed by atoms with Gasteiger partial charge in [0.1, 0.15) is 0 Å². The molecule has 0 aromatic rings. The summed E-state index contributed by atoms with van der Waals surface area (Å²) in [6, 6.07) is -21.4. The first-order chi connectivity index (χ1) is 9.31. The molecule has 22 heavy (non-hydrogen) atoms. The van der Waals surface area contributed by atoms with Gasteiger partial charge in [0.05, 0.1) is 0 Å². The predicted molar refractivity (Wildman–Crippen MR) is 42.4 cm³/mol. The fraction of sp³-hybridized carbons (Fsp3) is 0.857. The van der Waals surface area contributed by atoms with Crippen molar-refractivity contribution < 1.29 is 57.5 Å². The fourth-order valence-electron chi connectivity index (χ4n) is 1.45. The molecule has 0 aromatic heterocycles. The van der Waals surface area contributed by atoms with Crippen LogP contribution in [0.15, 0.2) is 0 Å². The van der Waals surface area contributed by atoms with E-state index >= 15 is 0 Å². The number of hydrogen-bond donors (Lipinski definition) is 0. The highest BCUT2D eigenvalue weighted by Crippen LogP contribution is 2.66. The van der Waals surface area contributed by atoms with Crippen molar-refractivity contribution in [1.82, 2.24) is 4.90 Å². The molecular formula is C7ClF12NO. The van der Waals surface area contributed by atoms with Crippen molar-refractivity contribution >= 4 is 16.8 Å². The van der Waals surface area contributed by atoms with Gasteiger partial charge in [-0.1, -0.05) is 0 Å². The molecule has 0 atom stereocenters. The van der Waals surface area contributed by atoms with Crippen molar-refractivity contribution in [3.05, 3.63) is 0 Å². The van der Waals surface area contributed by atoms with Crippen LogP contribution in [0, 0.1) is 0 Å². The fourth-order valence-corrected chi connectivity index (χ4v) is 1.56. The van der Waals surface area contributed by atoms with Crippen LogP contribution in [0.4, 0.5) is 52.7 Å². The van der Waals surface area contributed by atoms with Crippen molar-refractivity contribution in [3.8, 4) is 0 Å². The Morgan fingerprint density at radius 3 is 1.27 bits per heavy atom. The average molecular weight is 378 g/mol. The van der Waals surface area contributed by atoms with Gasteiger partial charge < -0.3 is 0 Å². The van der Waals surface area contributed by atoms with Crippen LogP contribution in [0.3, 0.4) is 0 Å². The molecule has 1 rings (SSSR count). The molecule has 0 saturated carbocycles. The summed E-state index contributed by atoms with van der Waals surface area (Å²) in [5.41, 5.74) is 0. The molecule has 0 spiro atoms. The molecule has 15 heteroatoms. The van der Waals surface area contributed by atoms with Gasteiger partial charge in [0.15, 0.2) is 0 Å². The molecule has 0 amide bonds. The summed E-state index contributed by atoms with van der Waals surface area (Å²) in [4.78, 5) is 6.36. The standard InChI is InChI=1S/C7ClF12NO/c8-1(22)2(9,10)5(15,16)21-6(17,18)3(11,12)4(13,14)7(21,19)20. The normalized spacial score (nSPS) is 27.0. The van der Waals surface area contributed by atoms with Crippen molar-refractivity contribution in [1.29, 1.82) is 0 Å². The number of nitrogens with zero attached hydrogens (tertiary/aromatic N) is 1. The number of halogens is 13. The van der Waals surface area contributed by atoms with E-state index in [2.05, 4.69) is 11.6 Å². The lowest BCUT2D eigenvalue weighted by atomic mass is 10.2. The van der Waals surface area contributed by atoms with Crippen molar-refractivity contribution in [3.63, 3.8) is 0 Å². The monoisotopic (exact) mass is 377 g/mol. The van der Waals surface area contributed by atoms with E-state index in [-0.39, 0.29) is 0 Å². The van der Waals surface area contributed by atoms with Crippen LogP contribution in [0.25, 0.3) is 0 Å². The molecule has 2 nitrogen and oxygen atoms in total. The summed E-state index contributed by atoms with van der Waals surface area (Å²) in [5.74, 6) is -20.9. The zero-order valence-corrected chi connectivity index (χ0v) is 10.0. The molecule has 1 aliphatic rings. The van der Waals surface area contributed by atoms with Gasteiger partial charge in [-0.15, -0.1) is 4.90 Å². The van der Waals surface area contributed by atoms with E-state index in [9.17, 15) is 57.5 Å². The lowest BCUT2D eigenvalue weighted by molar-refractivity contribution is -0.399. The van der Waals surface area contributed by atoms with Crippen LogP contribution in [-0.2, 0) is 4.79 Å². The first-order valence-corrected chi connectivity index (χ1v) is 4.96. The van der Waals surface area contributed by atoms with Gasteiger partial charge >= 0.3 is 35.9 Å². The van der Waals surface area contributed by atoms with Crippen LogP contribution >= 0.6 is 11.6 Å². The molecule has 1 heterocycles. The molecule has 130 valence electrons. The summed E-state index contributed by atoms with van der Waals surface area (Å²) in [6.07, 6.45) is 0. The lowest BCUT2D eigenvalue weighted by Gasteiger charge is -2.37. The molecule has 0 bridgehead atoms. The Hall–Kier alpha value is -0.920. The topological polar surface area (TPSA) is 20.3 Å². The van der Waals surface area contributed by atoms with E-state index in [4.69, 9.17) is 0 Å². The van der Waals surface area contributed by atoms with E-state index in [1.165, 1.54) is 0 Å². The number of carbonyl (C=O) groups excluding carboxylic acids is 1. The summed E-state index contributed by atoms with van der Waals surface area (Å²) in [6.45, 7) is 0. The summed E-state index contributed by atoms with van der Waals surface area (Å²) >= 11 is 3.90. The van der Waals surface area contributed by atoms with Gasteiger partial charge in [0.25, 0.3) is 5.24 Å². The molecular weight excluding hydrogens is 378 g/mol. The number of alkyl halides is 12. The minimum atomic E-state index is -7.16. The molecule has 1 aliphatic heterocycles. The van der Waals surface area contributed by atoms with Crippen molar-refractivity contribution in [2.24, 2.45) is 0 Å². The second kappa shape index (κ2) is 4.33. The number of rotatable bonds is 3. The minimum Gasteiger partial charge on any atom is -0.274 e. The first kappa shape index (κ1) is 19.1. The average Bonchev–Trinajstić information content (AvgIpc) is 2.32. The van der Waals surface area contributed by atoms with E-state index in [0.29, 0.717) is 0 Å². The van der Waals surface area contributed by atoms with Crippen LogP contribution in [0.2, 0.25) is 0 Å². The van der Waals surface area contributed by atoms with Gasteiger partial charge in [0, 0.05) is 0 Å². The summed E-state index contributed by atoms with van der Waals surface area (Å²) in [5, 5.41) is -3.51. The second-order valence-corrected chi connectivity index (χ2v) is 4.30. The second-order valence-electron chi connectivity index (χ2n) is 3.96. The first-order valence-electron chi connectivity index (χ1n) is 4.58. The molecule has 0 unspecified atom stereocenters. The third kappa shape index (κ3) is 1.79. The van der Waals surface area contributed by atoms with Crippen LogP contribution in [-0.4, -0.2) is 46.0 Å². The van der Waals surface area contributed by atoms with Gasteiger partial charge in [-0.3, -0.25) is 4.79 Å². The third-order valence-electron chi connectivity index (χ3n) is 2.62. The highest BCUT2D eigenvalue weighted by atomic mass is 35.5. The van der Waals surface area contributed by atoms with Crippen molar-refractivity contribution in [2.75, 3.05) is 0 Å². The summed E-state index contributed by atoms with van der Waals surface area (Å²) in [7, 11) is 0. The Balaban J connectivity index is 3.69. The van der Waals surface area contributed by atoms with Crippen LogP contribution < -0.4 is 0 Å². The maximum atomic E-state index is 13.1.